The predicted octanol–water partition coefficient (Wildman–Crippen LogP) is 0.948. The molecule has 0 saturated carbocycles. The van der Waals surface area contributed by atoms with Gasteiger partial charge in [-0.1, -0.05) is 0 Å². The Bertz CT molecular complexity index is 409. The van der Waals surface area contributed by atoms with Gasteiger partial charge in [-0.25, -0.2) is 0 Å². The number of hydrogen-bond acceptors (Lipinski definition) is 1. The van der Waals surface area contributed by atoms with Crippen LogP contribution >= 0.6 is 9.24 Å². The Morgan fingerprint density at radius 1 is 0.882 bits per heavy atom. The number of carbonyl (C=O) groups excluding carboxylic acids is 1. The summed E-state index contributed by atoms with van der Waals surface area (Å²) in [6.45, 7) is 10.4. The van der Waals surface area contributed by atoms with E-state index in [4.69, 9.17) is 0 Å². The number of hydrogen-bond donors (Lipinski definition) is 0. The first-order valence-electron chi connectivity index (χ1n) is 5.66. The molecule has 0 radical (unpaired) electrons. The molecule has 0 aliphatic heterocycles. The molecule has 0 saturated heterocycles. The molecule has 1 rings (SSSR count). The molecule has 0 aliphatic rings. The summed E-state index contributed by atoms with van der Waals surface area (Å²) in [5, 5.41) is 0. The molecule has 0 unspecified atom stereocenters. The van der Waals surface area contributed by atoms with Crippen LogP contribution in [0, 0.1) is 34.6 Å². The fraction of sp³-hybridized carbons (Fsp3) is 0.500. The van der Waals surface area contributed by atoms with Gasteiger partial charge in [0.15, 0.2) is 5.78 Å². The molecular formula is C14H20LiOP. The minimum atomic E-state index is 0. The van der Waals surface area contributed by atoms with Crippen LogP contribution < -0.4 is 18.9 Å². The quantitative estimate of drug-likeness (QED) is 0.438. The van der Waals surface area contributed by atoms with Crippen molar-refractivity contribution in [2.75, 3.05) is 6.16 Å². The van der Waals surface area contributed by atoms with Gasteiger partial charge in [0.2, 0.25) is 0 Å². The van der Waals surface area contributed by atoms with Crippen molar-refractivity contribution in [2.24, 2.45) is 0 Å². The van der Waals surface area contributed by atoms with Crippen LogP contribution in [0.1, 0.15) is 44.6 Å². The number of Topliss-reactive ketones (excluding diaryl/α,β-unsaturated/α-hetero) is 1. The van der Waals surface area contributed by atoms with Crippen LogP contribution in [0.3, 0.4) is 0 Å². The molecular weight excluding hydrogens is 222 g/mol. The largest absolute Gasteiger partial charge is 1.00 e. The molecule has 1 aromatic rings. The van der Waals surface area contributed by atoms with E-state index in [1.165, 1.54) is 16.7 Å². The molecule has 0 aromatic heterocycles. The molecule has 0 N–H and O–H groups in total. The average molecular weight is 242 g/mol. The van der Waals surface area contributed by atoms with Crippen molar-refractivity contribution in [3.05, 3.63) is 33.4 Å². The Morgan fingerprint density at radius 2 is 1.24 bits per heavy atom. The zero-order chi connectivity index (χ0) is 12.5. The smallest absolute Gasteiger partial charge is 0.558 e. The normalized spacial score (nSPS) is 10.0. The summed E-state index contributed by atoms with van der Waals surface area (Å²) in [5.41, 5.74) is 7.03. The molecule has 0 aliphatic carbocycles. The van der Waals surface area contributed by atoms with E-state index in [0.717, 1.165) is 22.9 Å². The van der Waals surface area contributed by atoms with Gasteiger partial charge in [0, 0.05) is 5.56 Å². The Labute approximate surface area is 119 Å². The van der Waals surface area contributed by atoms with Gasteiger partial charge in [0.05, 0.1) is 0 Å². The van der Waals surface area contributed by atoms with Crippen molar-refractivity contribution in [2.45, 2.75) is 41.0 Å². The monoisotopic (exact) mass is 242 g/mol. The molecule has 0 amide bonds. The second kappa shape index (κ2) is 6.74. The van der Waals surface area contributed by atoms with Crippen molar-refractivity contribution in [1.29, 1.82) is 0 Å². The molecule has 0 heterocycles. The molecule has 3 heteroatoms. The molecule has 0 fully saturated rings. The van der Waals surface area contributed by atoms with Gasteiger partial charge in [0.25, 0.3) is 0 Å². The third-order valence-electron chi connectivity index (χ3n) is 3.63. The Morgan fingerprint density at radius 3 is 1.59 bits per heavy atom. The van der Waals surface area contributed by atoms with Gasteiger partial charge in [-0.3, -0.25) is 4.79 Å². The summed E-state index contributed by atoms with van der Waals surface area (Å²) < 4.78 is 0. The number of carbonyl (C=O) groups is 1. The molecule has 17 heavy (non-hydrogen) atoms. The van der Waals surface area contributed by atoms with Gasteiger partial charge >= 0.3 is 18.9 Å². The van der Waals surface area contributed by atoms with E-state index >= 15 is 0 Å². The first-order valence-corrected chi connectivity index (χ1v) is 6.37. The van der Waals surface area contributed by atoms with Crippen molar-refractivity contribution in [3.63, 3.8) is 0 Å². The Kier molecular flexibility index (Phi) is 6.71. The summed E-state index contributed by atoms with van der Waals surface area (Å²) in [4.78, 5) is 12.1. The summed E-state index contributed by atoms with van der Waals surface area (Å²) in [6.07, 6.45) is 1.30. The molecule has 88 valence electrons. The minimum absolute atomic E-state index is 0. The van der Waals surface area contributed by atoms with Crippen LogP contribution in [0.4, 0.5) is 0 Å². The van der Waals surface area contributed by atoms with Crippen LogP contribution in [-0.2, 0) is 0 Å². The fourth-order valence-electron chi connectivity index (χ4n) is 2.16. The molecule has 1 aromatic carbocycles. The second-order valence-corrected chi connectivity index (χ2v) is 4.92. The standard InChI is InChI=1S/C14H20OP.Li/c1-8-9(2)11(4)14(12(5)10(8)3)13(15)6-7-16;/h16H,6-7H2,1-5H3;/q-1;+1. The Hall–Kier alpha value is -0.0826. The Balaban J connectivity index is 0.00000256. The van der Waals surface area contributed by atoms with Gasteiger partial charge in [0.1, 0.15) is 0 Å². The van der Waals surface area contributed by atoms with Crippen molar-refractivity contribution in [3.8, 4) is 0 Å². The maximum absolute atomic E-state index is 12.1. The van der Waals surface area contributed by atoms with E-state index in [1.807, 2.05) is 0 Å². The predicted molar refractivity (Wildman–Crippen MR) is 72.3 cm³/mol. The first kappa shape index (κ1) is 16.9. The van der Waals surface area contributed by atoms with Gasteiger partial charge < -0.3 is 9.24 Å². The van der Waals surface area contributed by atoms with Gasteiger partial charge in [-0.2, -0.15) is 6.16 Å². The SMILES string of the molecule is Cc1c(C)c(C)c(C(=O)CC[PH-])c(C)c1C.[Li+]. The van der Waals surface area contributed by atoms with E-state index in [-0.39, 0.29) is 24.6 Å². The van der Waals surface area contributed by atoms with Crippen LogP contribution in [0.5, 0.6) is 0 Å². The molecule has 1 nitrogen and oxygen atoms in total. The zero-order valence-corrected chi connectivity index (χ0v) is 12.8. The summed E-state index contributed by atoms with van der Waals surface area (Å²) in [7, 11) is 3.37. The maximum Gasteiger partial charge on any atom is 1.00 e. The number of benzene rings is 1. The summed E-state index contributed by atoms with van der Waals surface area (Å²) in [6, 6.07) is 0. The van der Waals surface area contributed by atoms with Crippen molar-refractivity contribution >= 4 is 15.0 Å². The van der Waals surface area contributed by atoms with E-state index in [1.54, 1.807) is 0 Å². The van der Waals surface area contributed by atoms with Crippen LogP contribution in [0.25, 0.3) is 0 Å². The van der Waals surface area contributed by atoms with Crippen LogP contribution in [0.15, 0.2) is 0 Å². The van der Waals surface area contributed by atoms with E-state index in [2.05, 4.69) is 43.9 Å². The molecule has 0 bridgehead atoms. The third-order valence-corrected chi connectivity index (χ3v) is 3.88. The summed E-state index contributed by atoms with van der Waals surface area (Å²) in [5.74, 6) is 0.246. The van der Waals surface area contributed by atoms with Crippen molar-refractivity contribution < 1.29 is 23.7 Å². The van der Waals surface area contributed by atoms with Gasteiger partial charge in [-0.15, -0.1) is 0 Å². The zero-order valence-electron chi connectivity index (χ0n) is 11.8. The molecule has 0 spiro atoms. The second-order valence-electron chi connectivity index (χ2n) is 4.42. The minimum Gasteiger partial charge on any atom is -0.558 e. The van der Waals surface area contributed by atoms with Crippen LogP contribution in [0.2, 0.25) is 0 Å². The van der Waals surface area contributed by atoms with E-state index < -0.39 is 0 Å². The first-order chi connectivity index (χ1) is 7.41. The topological polar surface area (TPSA) is 17.1 Å². The van der Waals surface area contributed by atoms with Crippen LogP contribution in [-0.4, -0.2) is 11.9 Å². The summed E-state index contributed by atoms with van der Waals surface area (Å²) >= 11 is 0. The van der Waals surface area contributed by atoms with Crippen molar-refractivity contribution in [1.82, 2.24) is 0 Å². The van der Waals surface area contributed by atoms with E-state index in [9.17, 15) is 4.79 Å². The molecule has 0 atom stereocenters. The van der Waals surface area contributed by atoms with Gasteiger partial charge in [-0.05, 0) is 68.9 Å². The van der Waals surface area contributed by atoms with E-state index in [0.29, 0.717) is 6.42 Å². The number of ketones is 1. The fourth-order valence-corrected chi connectivity index (χ4v) is 2.38. The maximum atomic E-state index is 12.1. The average Bonchev–Trinajstić information content (AvgIpc) is 2.24. The number of rotatable bonds is 3. The third kappa shape index (κ3) is 3.23.